The molecule has 1 fully saturated rings. The van der Waals surface area contributed by atoms with E-state index in [-0.39, 0.29) is 17.0 Å². The van der Waals surface area contributed by atoms with Gasteiger partial charge < -0.3 is 15.4 Å². The third-order valence-corrected chi connectivity index (χ3v) is 6.17. The fourth-order valence-corrected chi connectivity index (χ4v) is 4.29. The predicted molar refractivity (Wildman–Crippen MR) is 125 cm³/mol. The Bertz CT molecular complexity index is 1110. The van der Waals surface area contributed by atoms with Crippen molar-refractivity contribution in [2.45, 2.75) is 25.3 Å². The number of pyridine rings is 1. The second-order valence-corrected chi connectivity index (χ2v) is 8.86. The lowest BCUT2D eigenvalue weighted by molar-refractivity contribution is 0.0932. The van der Waals surface area contributed by atoms with Crippen LogP contribution in [-0.2, 0) is 0 Å². The zero-order chi connectivity index (χ0) is 22.5. The molecule has 4 rings (SSSR count). The second-order valence-electron chi connectivity index (χ2n) is 8.01. The largest absolute Gasteiger partial charge is 0.492 e. The lowest BCUT2D eigenvalue weighted by Gasteiger charge is -2.14. The van der Waals surface area contributed by atoms with Crippen LogP contribution < -0.4 is 15.4 Å². The molecule has 2 unspecified atom stereocenters. The first-order valence-electron chi connectivity index (χ1n) is 10.6. The second kappa shape index (κ2) is 10.5. The highest BCUT2D eigenvalue weighted by molar-refractivity contribution is 6.31. The van der Waals surface area contributed by atoms with Gasteiger partial charge in [-0.15, -0.1) is 0 Å². The van der Waals surface area contributed by atoms with E-state index in [9.17, 15) is 9.18 Å². The van der Waals surface area contributed by atoms with Crippen LogP contribution in [-0.4, -0.2) is 36.6 Å². The van der Waals surface area contributed by atoms with Gasteiger partial charge in [0.25, 0.3) is 5.91 Å². The summed E-state index contributed by atoms with van der Waals surface area (Å²) >= 11 is 11.7. The van der Waals surface area contributed by atoms with Gasteiger partial charge in [0.05, 0.1) is 10.5 Å². The fraction of sp³-hybridized carbons (Fsp3) is 0.333. The number of aromatic nitrogens is 1. The van der Waals surface area contributed by atoms with Crippen LogP contribution in [0.5, 0.6) is 5.75 Å². The molecule has 32 heavy (non-hydrogen) atoms. The number of nitrogens with zero attached hydrogens (tertiary/aromatic N) is 1. The Labute approximate surface area is 196 Å². The van der Waals surface area contributed by atoms with Crippen molar-refractivity contribution >= 4 is 40.0 Å². The van der Waals surface area contributed by atoms with E-state index >= 15 is 0 Å². The standard InChI is InChI=1S/C24H24Cl2FN3O2/c25-17-3-8-22-16(12-17)2-7-23(30-22)24(31)29-18-4-1-15(11-18)14-28-9-10-32-19-5-6-20(26)21(27)13-19/h2-3,5-8,12-13,15,18,28H,1,4,9-11,14H2,(H,29,31). The van der Waals surface area contributed by atoms with Crippen LogP contribution in [0, 0.1) is 11.7 Å². The first kappa shape index (κ1) is 22.8. The molecule has 2 N–H and O–H groups in total. The Hall–Kier alpha value is -2.41. The number of hydrogen-bond donors (Lipinski definition) is 2. The van der Waals surface area contributed by atoms with E-state index in [4.69, 9.17) is 27.9 Å². The summed E-state index contributed by atoms with van der Waals surface area (Å²) in [5.41, 5.74) is 1.16. The van der Waals surface area contributed by atoms with E-state index in [1.165, 1.54) is 12.1 Å². The summed E-state index contributed by atoms with van der Waals surface area (Å²) in [4.78, 5) is 17.1. The zero-order valence-electron chi connectivity index (χ0n) is 17.4. The molecular formula is C24H24Cl2FN3O2. The molecule has 5 nitrogen and oxygen atoms in total. The van der Waals surface area contributed by atoms with Gasteiger partial charge in [-0.05, 0) is 68.1 Å². The van der Waals surface area contributed by atoms with Gasteiger partial charge in [-0.25, -0.2) is 9.37 Å². The number of carbonyl (C=O) groups is 1. The Kier molecular flexibility index (Phi) is 7.45. The molecule has 8 heteroatoms. The monoisotopic (exact) mass is 475 g/mol. The van der Waals surface area contributed by atoms with E-state index in [1.807, 2.05) is 18.2 Å². The summed E-state index contributed by atoms with van der Waals surface area (Å²) in [5, 5.41) is 8.12. The Morgan fingerprint density at radius 2 is 2.00 bits per heavy atom. The summed E-state index contributed by atoms with van der Waals surface area (Å²) in [6.07, 6.45) is 2.91. The third-order valence-electron chi connectivity index (χ3n) is 5.63. The molecule has 1 aliphatic carbocycles. The van der Waals surface area contributed by atoms with E-state index in [1.54, 1.807) is 18.2 Å². The molecule has 1 aliphatic rings. The molecule has 0 aliphatic heterocycles. The van der Waals surface area contributed by atoms with Crippen LogP contribution in [0.4, 0.5) is 4.39 Å². The molecule has 0 radical (unpaired) electrons. The van der Waals surface area contributed by atoms with Gasteiger partial charge in [-0.3, -0.25) is 4.79 Å². The minimum atomic E-state index is -0.487. The van der Waals surface area contributed by atoms with E-state index in [0.717, 1.165) is 36.7 Å². The van der Waals surface area contributed by atoms with Crippen LogP contribution >= 0.6 is 23.2 Å². The molecule has 0 saturated heterocycles. The summed E-state index contributed by atoms with van der Waals surface area (Å²) in [6.45, 7) is 1.94. The average Bonchev–Trinajstić information content (AvgIpc) is 3.22. The average molecular weight is 476 g/mol. The van der Waals surface area contributed by atoms with Gasteiger partial charge in [-0.2, -0.15) is 0 Å². The predicted octanol–water partition coefficient (Wildman–Crippen LogP) is 5.25. The SMILES string of the molecule is O=C(NC1CCC(CNCCOc2ccc(Cl)c(F)c2)C1)c1ccc2cc(Cl)ccc2n1. The van der Waals surface area contributed by atoms with E-state index in [2.05, 4.69) is 15.6 Å². The number of carbonyl (C=O) groups excluding carboxylic acids is 1. The smallest absolute Gasteiger partial charge is 0.270 e. The quantitative estimate of drug-likeness (QED) is 0.436. The Balaban J connectivity index is 1.18. The highest BCUT2D eigenvalue weighted by atomic mass is 35.5. The number of fused-ring (bicyclic) bond motifs is 1. The topological polar surface area (TPSA) is 63.2 Å². The van der Waals surface area contributed by atoms with Crippen molar-refractivity contribution in [2.24, 2.45) is 5.92 Å². The summed E-state index contributed by atoms with van der Waals surface area (Å²) in [5.74, 6) is 0.311. The number of amides is 1. The van der Waals surface area contributed by atoms with Gasteiger partial charge in [0.1, 0.15) is 23.9 Å². The molecule has 3 aromatic rings. The summed E-state index contributed by atoms with van der Waals surface area (Å²) in [7, 11) is 0. The zero-order valence-corrected chi connectivity index (χ0v) is 18.9. The highest BCUT2D eigenvalue weighted by Crippen LogP contribution is 2.25. The highest BCUT2D eigenvalue weighted by Gasteiger charge is 2.26. The van der Waals surface area contributed by atoms with Gasteiger partial charge in [0, 0.05) is 29.1 Å². The molecule has 1 aromatic heterocycles. The van der Waals surface area contributed by atoms with Crippen LogP contribution in [0.15, 0.2) is 48.5 Å². The van der Waals surface area contributed by atoms with Crippen LogP contribution in [0.25, 0.3) is 10.9 Å². The normalized spacial score (nSPS) is 18.1. The maximum absolute atomic E-state index is 13.4. The molecule has 1 heterocycles. The van der Waals surface area contributed by atoms with Crippen LogP contribution in [0.3, 0.4) is 0 Å². The number of halogens is 3. The first-order valence-corrected chi connectivity index (χ1v) is 11.4. The fourth-order valence-electron chi connectivity index (χ4n) is 3.99. The number of ether oxygens (including phenoxy) is 1. The van der Waals surface area contributed by atoms with Crippen LogP contribution in [0.2, 0.25) is 10.0 Å². The van der Waals surface area contributed by atoms with Gasteiger partial charge >= 0.3 is 0 Å². The molecule has 2 aromatic carbocycles. The Morgan fingerprint density at radius 3 is 2.84 bits per heavy atom. The van der Waals surface area contributed by atoms with Crippen molar-refractivity contribution in [1.29, 1.82) is 0 Å². The van der Waals surface area contributed by atoms with Crippen molar-refractivity contribution in [3.8, 4) is 5.75 Å². The molecule has 0 spiro atoms. The van der Waals surface area contributed by atoms with Gasteiger partial charge in [-0.1, -0.05) is 29.3 Å². The molecule has 1 saturated carbocycles. The number of benzene rings is 2. The Morgan fingerprint density at radius 1 is 1.12 bits per heavy atom. The maximum atomic E-state index is 13.4. The van der Waals surface area contributed by atoms with Gasteiger partial charge in [0.15, 0.2) is 0 Å². The molecule has 1 amide bonds. The lowest BCUT2D eigenvalue weighted by Crippen LogP contribution is -2.34. The van der Waals surface area contributed by atoms with Crippen molar-refractivity contribution in [3.05, 3.63) is 70.1 Å². The third kappa shape index (κ3) is 5.88. The van der Waals surface area contributed by atoms with E-state index < -0.39 is 5.82 Å². The van der Waals surface area contributed by atoms with Crippen molar-refractivity contribution in [1.82, 2.24) is 15.6 Å². The van der Waals surface area contributed by atoms with Crippen molar-refractivity contribution in [3.63, 3.8) is 0 Å². The summed E-state index contributed by atoms with van der Waals surface area (Å²) in [6, 6.07) is 13.6. The first-order chi connectivity index (χ1) is 15.5. The molecule has 0 bridgehead atoms. The number of hydrogen-bond acceptors (Lipinski definition) is 4. The van der Waals surface area contributed by atoms with Crippen molar-refractivity contribution in [2.75, 3.05) is 19.7 Å². The van der Waals surface area contributed by atoms with Crippen LogP contribution in [0.1, 0.15) is 29.8 Å². The number of nitrogens with one attached hydrogen (secondary N) is 2. The minimum absolute atomic E-state index is 0.0830. The van der Waals surface area contributed by atoms with Gasteiger partial charge in [0.2, 0.25) is 0 Å². The van der Waals surface area contributed by atoms with Crippen molar-refractivity contribution < 1.29 is 13.9 Å². The molecule has 2 atom stereocenters. The summed E-state index contributed by atoms with van der Waals surface area (Å²) < 4.78 is 18.9. The number of rotatable bonds is 8. The lowest BCUT2D eigenvalue weighted by atomic mass is 10.1. The minimum Gasteiger partial charge on any atom is -0.492 e. The maximum Gasteiger partial charge on any atom is 0.270 e. The van der Waals surface area contributed by atoms with E-state index in [0.29, 0.717) is 35.5 Å². The molecule has 168 valence electrons. The molecular weight excluding hydrogens is 452 g/mol.